The summed E-state index contributed by atoms with van der Waals surface area (Å²) in [6.45, 7) is 2.97. The number of ether oxygens (including phenoxy) is 1. The van der Waals surface area contributed by atoms with Crippen molar-refractivity contribution in [3.63, 3.8) is 0 Å². The molecular formula is C20H22N4O2. The van der Waals surface area contributed by atoms with E-state index in [1.165, 1.54) is 5.56 Å². The van der Waals surface area contributed by atoms with Gasteiger partial charge in [-0.2, -0.15) is 0 Å². The number of carbonyl (C=O) groups excluding carboxylic acids is 1. The normalized spacial score (nSPS) is 10.7. The highest BCUT2D eigenvalue weighted by molar-refractivity contribution is 5.97. The Hall–Kier alpha value is -2.99. The first kappa shape index (κ1) is 17.8. The van der Waals surface area contributed by atoms with Crippen LogP contribution in [-0.2, 0) is 11.2 Å². The summed E-state index contributed by atoms with van der Waals surface area (Å²) in [5.41, 5.74) is 2.89. The Balaban J connectivity index is 1.92. The molecule has 26 heavy (non-hydrogen) atoms. The van der Waals surface area contributed by atoms with Crippen LogP contribution in [0.1, 0.15) is 23.1 Å². The Bertz CT molecular complexity index is 894. The summed E-state index contributed by atoms with van der Waals surface area (Å²) in [5, 5.41) is 6.92. The highest BCUT2D eigenvalue weighted by Gasteiger charge is 2.13. The van der Waals surface area contributed by atoms with E-state index in [4.69, 9.17) is 4.74 Å². The number of hydrogen-bond acceptors (Lipinski definition) is 5. The third-order valence-corrected chi connectivity index (χ3v) is 4.02. The quantitative estimate of drug-likeness (QED) is 0.639. The maximum absolute atomic E-state index is 12.3. The van der Waals surface area contributed by atoms with Crippen LogP contribution in [0.5, 0.6) is 0 Å². The van der Waals surface area contributed by atoms with Crippen LogP contribution in [0, 0.1) is 0 Å². The molecule has 1 amide bonds. The average molecular weight is 350 g/mol. The molecule has 1 heterocycles. The molecule has 0 radical (unpaired) electrons. The van der Waals surface area contributed by atoms with E-state index in [1.807, 2.05) is 36.4 Å². The number of hydrogen-bond donors (Lipinski definition) is 2. The molecule has 0 spiro atoms. The number of carbonyl (C=O) groups is 1. The molecule has 1 aromatic heterocycles. The Kier molecular flexibility index (Phi) is 5.76. The number of anilines is 2. The number of aryl methyl sites for hydroxylation is 1. The van der Waals surface area contributed by atoms with Gasteiger partial charge in [-0.1, -0.05) is 31.2 Å². The summed E-state index contributed by atoms with van der Waals surface area (Å²) in [6.07, 6.45) is 0.989. The lowest BCUT2D eigenvalue weighted by atomic mass is 10.1. The molecule has 0 saturated heterocycles. The summed E-state index contributed by atoms with van der Waals surface area (Å²) in [4.78, 5) is 21.2. The highest BCUT2D eigenvalue weighted by Crippen LogP contribution is 2.24. The molecule has 0 aliphatic rings. The standard InChI is InChI=1S/C20H22N4O2/c1-3-14-8-10-15(11-9-14)22-18-16-6-4-5-7-17(16)23-19(24-18)20(25)21-12-13-26-2/h4-11H,3,12-13H2,1-2H3,(H,21,25)(H,22,23,24). The minimum Gasteiger partial charge on any atom is -0.383 e. The minimum atomic E-state index is -0.322. The summed E-state index contributed by atoms with van der Waals surface area (Å²) in [7, 11) is 1.59. The molecule has 0 aliphatic carbocycles. The van der Waals surface area contributed by atoms with Gasteiger partial charge in [0.1, 0.15) is 5.82 Å². The molecule has 0 fully saturated rings. The van der Waals surface area contributed by atoms with Gasteiger partial charge in [0.25, 0.3) is 5.91 Å². The van der Waals surface area contributed by atoms with Gasteiger partial charge in [0.2, 0.25) is 5.82 Å². The van der Waals surface area contributed by atoms with Crippen LogP contribution in [0.2, 0.25) is 0 Å². The number of amides is 1. The monoisotopic (exact) mass is 350 g/mol. The first-order valence-electron chi connectivity index (χ1n) is 8.61. The second-order valence-electron chi connectivity index (χ2n) is 5.84. The van der Waals surface area contributed by atoms with Crippen molar-refractivity contribution in [2.24, 2.45) is 0 Å². The van der Waals surface area contributed by atoms with E-state index in [9.17, 15) is 4.79 Å². The Morgan fingerprint density at radius 2 is 1.85 bits per heavy atom. The van der Waals surface area contributed by atoms with E-state index < -0.39 is 0 Å². The van der Waals surface area contributed by atoms with Crippen molar-refractivity contribution < 1.29 is 9.53 Å². The van der Waals surface area contributed by atoms with E-state index in [1.54, 1.807) is 7.11 Å². The van der Waals surface area contributed by atoms with E-state index in [2.05, 4.69) is 39.7 Å². The van der Waals surface area contributed by atoms with E-state index in [0.717, 1.165) is 17.5 Å². The molecule has 2 aromatic carbocycles. The zero-order chi connectivity index (χ0) is 18.4. The second-order valence-corrected chi connectivity index (χ2v) is 5.84. The maximum atomic E-state index is 12.3. The van der Waals surface area contributed by atoms with Gasteiger partial charge < -0.3 is 15.4 Å². The van der Waals surface area contributed by atoms with Crippen LogP contribution in [0.15, 0.2) is 48.5 Å². The Labute approximate surface area is 152 Å². The third kappa shape index (κ3) is 4.15. The van der Waals surface area contributed by atoms with Gasteiger partial charge >= 0.3 is 0 Å². The van der Waals surface area contributed by atoms with Gasteiger partial charge in [-0.05, 0) is 36.2 Å². The predicted molar refractivity (Wildman–Crippen MR) is 103 cm³/mol. The molecule has 6 nitrogen and oxygen atoms in total. The fourth-order valence-electron chi connectivity index (χ4n) is 2.58. The van der Waals surface area contributed by atoms with Gasteiger partial charge in [0, 0.05) is 24.7 Å². The molecule has 0 aliphatic heterocycles. The molecule has 6 heteroatoms. The van der Waals surface area contributed by atoms with Crippen molar-refractivity contribution >= 4 is 28.3 Å². The molecule has 2 N–H and O–H groups in total. The molecule has 0 bridgehead atoms. The van der Waals surface area contributed by atoms with Crippen molar-refractivity contribution in [3.8, 4) is 0 Å². The van der Waals surface area contributed by atoms with Crippen molar-refractivity contribution in [1.29, 1.82) is 0 Å². The van der Waals surface area contributed by atoms with Gasteiger partial charge in [-0.25, -0.2) is 9.97 Å². The number of aromatic nitrogens is 2. The number of fused-ring (bicyclic) bond motifs is 1. The molecule has 3 aromatic rings. The van der Waals surface area contributed by atoms with E-state index >= 15 is 0 Å². The molecular weight excluding hydrogens is 328 g/mol. The van der Waals surface area contributed by atoms with Crippen molar-refractivity contribution in [3.05, 3.63) is 59.9 Å². The van der Waals surface area contributed by atoms with Gasteiger partial charge in [-0.3, -0.25) is 4.79 Å². The fourth-order valence-corrected chi connectivity index (χ4v) is 2.58. The number of nitrogens with zero attached hydrogens (tertiary/aromatic N) is 2. The molecule has 0 atom stereocenters. The number of nitrogens with one attached hydrogen (secondary N) is 2. The molecule has 0 saturated carbocycles. The topological polar surface area (TPSA) is 76.1 Å². The lowest BCUT2D eigenvalue weighted by Gasteiger charge is -2.11. The van der Waals surface area contributed by atoms with Crippen molar-refractivity contribution in [1.82, 2.24) is 15.3 Å². The first-order valence-corrected chi connectivity index (χ1v) is 8.61. The summed E-state index contributed by atoms with van der Waals surface area (Å²) in [6, 6.07) is 15.8. The van der Waals surface area contributed by atoms with Crippen LogP contribution >= 0.6 is 0 Å². The molecule has 0 unspecified atom stereocenters. The number of benzene rings is 2. The minimum absolute atomic E-state index is 0.132. The Morgan fingerprint density at radius 1 is 1.08 bits per heavy atom. The SMILES string of the molecule is CCc1ccc(Nc2nc(C(=O)NCCOC)nc3ccccc23)cc1. The summed E-state index contributed by atoms with van der Waals surface area (Å²) in [5.74, 6) is 0.418. The third-order valence-electron chi connectivity index (χ3n) is 4.02. The maximum Gasteiger partial charge on any atom is 0.289 e. The second kappa shape index (κ2) is 8.40. The van der Waals surface area contributed by atoms with E-state index in [-0.39, 0.29) is 11.7 Å². The number of para-hydroxylation sites is 1. The summed E-state index contributed by atoms with van der Waals surface area (Å²) >= 11 is 0. The zero-order valence-corrected chi connectivity index (χ0v) is 15.0. The lowest BCUT2D eigenvalue weighted by molar-refractivity contribution is 0.0927. The van der Waals surface area contributed by atoms with E-state index in [0.29, 0.717) is 24.5 Å². The summed E-state index contributed by atoms with van der Waals surface area (Å²) < 4.78 is 4.95. The molecule has 3 rings (SSSR count). The smallest absolute Gasteiger partial charge is 0.289 e. The fraction of sp³-hybridized carbons (Fsp3) is 0.250. The molecule has 134 valence electrons. The Morgan fingerprint density at radius 3 is 2.58 bits per heavy atom. The number of methoxy groups -OCH3 is 1. The highest BCUT2D eigenvalue weighted by atomic mass is 16.5. The van der Waals surface area contributed by atoms with Crippen LogP contribution < -0.4 is 10.6 Å². The average Bonchev–Trinajstić information content (AvgIpc) is 2.68. The zero-order valence-electron chi connectivity index (χ0n) is 15.0. The lowest BCUT2D eigenvalue weighted by Crippen LogP contribution is -2.28. The van der Waals surface area contributed by atoms with Crippen molar-refractivity contribution in [2.45, 2.75) is 13.3 Å². The van der Waals surface area contributed by atoms with Gasteiger partial charge in [-0.15, -0.1) is 0 Å². The van der Waals surface area contributed by atoms with Crippen LogP contribution in [-0.4, -0.2) is 36.1 Å². The van der Waals surface area contributed by atoms with Crippen molar-refractivity contribution in [2.75, 3.05) is 25.6 Å². The predicted octanol–water partition coefficient (Wildman–Crippen LogP) is 3.31. The first-order chi connectivity index (χ1) is 12.7. The van der Waals surface area contributed by atoms with Gasteiger partial charge in [0.15, 0.2) is 0 Å². The van der Waals surface area contributed by atoms with Crippen LogP contribution in [0.3, 0.4) is 0 Å². The van der Waals surface area contributed by atoms with Crippen LogP contribution in [0.4, 0.5) is 11.5 Å². The number of rotatable bonds is 7. The largest absolute Gasteiger partial charge is 0.383 e. The van der Waals surface area contributed by atoms with Gasteiger partial charge in [0.05, 0.1) is 12.1 Å². The van der Waals surface area contributed by atoms with Crippen LogP contribution in [0.25, 0.3) is 10.9 Å².